The van der Waals surface area contributed by atoms with Gasteiger partial charge in [-0.25, -0.2) is 0 Å². The van der Waals surface area contributed by atoms with Crippen molar-refractivity contribution in [3.05, 3.63) is 122 Å². The minimum absolute atomic E-state index is 0.139. The quantitative estimate of drug-likeness (QED) is 0.0195. The highest BCUT2D eigenvalue weighted by molar-refractivity contribution is 5.70. The largest absolute Gasteiger partial charge is 0.545 e. The summed E-state index contributed by atoms with van der Waals surface area (Å²) in [6.07, 6.45) is 84.1. The minimum atomic E-state index is -1.63. The van der Waals surface area contributed by atoms with Crippen LogP contribution in [0.4, 0.5) is 0 Å². The maximum absolute atomic E-state index is 12.9. The third-order valence-corrected chi connectivity index (χ3v) is 13.7. The lowest BCUT2D eigenvalue weighted by molar-refractivity contribution is -0.870. The number of carbonyl (C=O) groups is 3. The van der Waals surface area contributed by atoms with E-state index in [1.165, 1.54) is 103 Å². The van der Waals surface area contributed by atoms with Crippen molar-refractivity contribution < 1.29 is 42.9 Å². The van der Waals surface area contributed by atoms with Crippen LogP contribution in [-0.4, -0.2) is 82.3 Å². The van der Waals surface area contributed by atoms with Crippen molar-refractivity contribution in [1.82, 2.24) is 0 Å². The predicted molar refractivity (Wildman–Crippen MR) is 343 cm³/mol. The monoisotopic (exact) mass is 1130 g/mol. The number of unbranched alkanes of at least 4 members (excludes halogenated alkanes) is 24. The van der Waals surface area contributed by atoms with E-state index in [9.17, 15) is 19.5 Å². The zero-order valence-electron chi connectivity index (χ0n) is 52.6. The molecule has 0 rings (SSSR count). The molecule has 0 heterocycles. The van der Waals surface area contributed by atoms with Gasteiger partial charge in [-0.1, -0.05) is 264 Å². The molecule has 0 amide bonds. The molecule has 0 aliphatic heterocycles. The number of carboxylic acids is 1. The van der Waals surface area contributed by atoms with E-state index in [0.717, 1.165) is 122 Å². The number of nitrogens with zero attached hydrogens (tertiary/aromatic N) is 1. The number of esters is 2. The van der Waals surface area contributed by atoms with Crippen molar-refractivity contribution in [2.45, 2.75) is 270 Å². The summed E-state index contributed by atoms with van der Waals surface area (Å²) in [5, 5.41) is 11.8. The average molecular weight is 1130 g/mol. The van der Waals surface area contributed by atoms with Gasteiger partial charge < -0.3 is 33.3 Å². The summed E-state index contributed by atoms with van der Waals surface area (Å²) < 4.78 is 22.7. The van der Waals surface area contributed by atoms with E-state index in [-0.39, 0.29) is 38.6 Å². The molecule has 9 heteroatoms. The Balaban J connectivity index is 4.18. The second-order valence-electron chi connectivity index (χ2n) is 22.6. The molecule has 0 aliphatic carbocycles. The number of rotatable bonds is 59. The smallest absolute Gasteiger partial charge is 0.306 e. The van der Waals surface area contributed by atoms with E-state index in [1.54, 1.807) is 0 Å². The Hall–Kier alpha value is -4.31. The van der Waals surface area contributed by atoms with Crippen LogP contribution in [0.5, 0.6) is 0 Å². The van der Waals surface area contributed by atoms with Gasteiger partial charge in [0.2, 0.25) is 0 Å². The summed E-state index contributed by atoms with van der Waals surface area (Å²) in [5.74, 6) is -2.31. The molecule has 0 aliphatic rings. The summed E-state index contributed by atoms with van der Waals surface area (Å²) in [6, 6.07) is 0. The number of ether oxygens (including phenoxy) is 4. The van der Waals surface area contributed by atoms with Gasteiger partial charge in [0.15, 0.2) is 12.4 Å². The van der Waals surface area contributed by atoms with E-state index in [2.05, 4.69) is 135 Å². The Bertz CT molecular complexity index is 1740. The van der Waals surface area contributed by atoms with Crippen LogP contribution >= 0.6 is 0 Å². The molecule has 0 radical (unpaired) electrons. The topological polar surface area (TPSA) is 111 Å². The first kappa shape index (κ1) is 76.7. The third-order valence-electron chi connectivity index (χ3n) is 13.7. The Labute approximate surface area is 497 Å². The second-order valence-corrected chi connectivity index (χ2v) is 22.6. The molecular weight excluding hydrogens is 1010 g/mol. The molecular formula is C72H121NO8. The highest BCUT2D eigenvalue weighted by atomic mass is 16.7. The van der Waals surface area contributed by atoms with Crippen LogP contribution in [0.25, 0.3) is 0 Å². The number of carbonyl (C=O) groups excluding carboxylic acids is 3. The highest BCUT2D eigenvalue weighted by Crippen LogP contribution is 2.16. The molecule has 0 saturated carbocycles. The zero-order valence-corrected chi connectivity index (χ0v) is 52.6. The lowest BCUT2D eigenvalue weighted by atomic mass is 10.0. The maximum Gasteiger partial charge on any atom is 0.306 e. The van der Waals surface area contributed by atoms with Crippen molar-refractivity contribution in [3.63, 3.8) is 0 Å². The number of carboxylic acid groups (broad SMARTS) is 1. The summed E-state index contributed by atoms with van der Waals surface area (Å²) in [4.78, 5) is 37.4. The first-order valence-electron chi connectivity index (χ1n) is 32.7. The van der Waals surface area contributed by atoms with Gasteiger partial charge in [0, 0.05) is 12.8 Å². The summed E-state index contributed by atoms with van der Waals surface area (Å²) in [6.45, 7) is 4.51. The molecule has 0 aromatic heterocycles. The van der Waals surface area contributed by atoms with Crippen molar-refractivity contribution >= 4 is 17.9 Å². The van der Waals surface area contributed by atoms with Crippen molar-refractivity contribution in [1.29, 1.82) is 0 Å². The lowest BCUT2D eigenvalue weighted by Gasteiger charge is -2.26. The van der Waals surface area contributed by atoms with Crippen LogP contribution in [0.15, 0.2) is 122 Å². The molecule has 0 spiro atoms. The van der Waals surface area contributed by atoms with Gasteiger partial charge >= 0.3 is 11.9 Å². The Morgan fingerprint density at radius 3 is 0.988 bits per heavy atom. The second kappa shape index (κ2) is 61.8. The van der Waals surface area contributed by atoms with E-state index < -0.39 is 24.3 Å². The normalized spacial score (nSPS) is 13.5. The fraction of sp³-hybridized carbons (Fsp3) is 0.681. The van der Waals surface area contributed by atoms with Gasteiger partial charge in [0.05, 0.1) is 40.3 Å². The molecule has 462 valence electrons. The van der Waals surface area contributed by atoms with E-state index in [0.29, 0.717) is 17.4 Å². The maximum atomic E-state index is 12.9. The fourth-order valence-electron chi connectivity index (χ4n) is 8.77. The van der Waals surface area contributed by atoms with Crippen LogP contribution in [0.2, 0.25) is 0 Å². The standard InChI is InChI=1S/C72H121NO8/c1-6-8-10-12-14-16-18-20-22-24-26-28-30-32-33-34-35-36-37-39-40-42-44-46-48-50-52-54-56-58-60-62-69(74)79-66-68(67-80-72(71(76)77)78-65-64-73(3,4)5)81-70(75)63-61-59-57-55-53-51-49-47-45-43-41-38-31-29-27-25-23-21-19-17-15-13-11-9-7-2/h8-11,14-17,20-23,26-29,38,41,45,47,68,72H,6-7,12-13,18-19,24-25,30-37,39-40,42-44,46,48-67H2,1-5H3/b10-8-,11-9-,16-14-,17-15-,22-20-,23-21-,28-26-,29-27-,41-38-,47-45-. The third kappa shape index (κ3) is 63.1. The van der Waals surface area contributed by atoms with Gasteiger partial charge in [0.25, 0.3) is 0 Å². The van der Waals surface area contributed by atoms with Crippen molar-refractivity contribution in [2.75, 3.05) is 47.5 Å². The van der Waals surface area contributed by atoms with Crippen molar-refractivity contribution in [2.24, 2.45) is 0 Å². The molecule has 2 unspecified atom stereocenters. The first-order chi connectivity index (χ1) is 39.6. The van der Waals surface area contributed by atoms with E-state index in [4.69, 9.17) is 18.9 Å². The van der Waals surface area contributed by atoms with Crippen LogP contribution in [-0.2, 0) is 33.3 Å². The summed E-state index contributed by atoms with van der Waals surface area (Å²) >= 11 is 0. The van der Waals surface area contributed by atoms with Gasteiger partial charge in [-0.15, -0.1) is 0 Å². The molecule has 0 bridgehead atoms. The Kier molecular flexibility index (Phi) is 58.5. The molecule has 0 saturated heterocycles. The fourth-order valence-corrected chi connectivity index (χ4v) is 8.77. The SMILES string of the molecule is CC/C=C\C/C=C\C/C=C\C/C=C\C/C=C\C/C=C\CCCCCCCCC(=O)OC(COC(=O)CCCCCCCCCCCCCCCCCCCC/C=C\C/C=C\C/C=C\C/C=C\CC)COC(OCC[N+](C)(C)C)C(=O)[O-]. The van der Waals surface area contributed by atoms with Crippen LogP contribution in [0.3, 0.4) is 0 Å². The minimum Gasteiger partial charge on any atom is -0.545 e. The van der Waals surface area contributed by atoms with Crippen molar-refractivity contribution in [3.8, 4) is 0 Å². The molecule has 0 N–H and O–H groups in total. The predicted octanol–water partition coefficient (Wildman–Crippen LogP) is 18.7. The Morgan fingerprint density at radius 1 is 0.370 bits per heavy atom. The van der Waals surface area contributed by atoms with Gasteiger partial charge in [-0.05, 0) is 103 Å². The number of allylic oxidation sites excluding steroid dienone is 20. The van der Waals surface area contributed by atoms with E-state index >= 15 is 0 Å². The molecule has 0 fully saturated rings. The number of aliphatic carboxylic acids is 1. The molecule has 2 atom stereocenters. The van der Waals surface area contributed by atoms with Gasteiger partial charge in [-0.3, -0.25) is 9.59 Å². The van der Waals surface area contributed by atoms with E-state index in [1.807, 2.05) is 21.1 Å². The van der Waals surface area contributed by atoms with Crippen LogP contribution in [0, 0.1) is 0 Å². The number of quaternary nitrogens is 1. The number of hydrogen-bond donors (Lipinski definition) is 0. The first-order valence-corrected chi connectivity index (χ1v) is 32.7. The summed E-state index contributed by atoms with van der Waals surface area (Å²) in [5.41, 5.74) is 0. The van der Waals surface area contributed by atoms with Gasteiger partial charge in [-0.2, -0.15) is 0 Å². The summed E-state index contributed by atoms with van der Waals surface area (Å²) in [7, 11) is 5.92. The molecule has 0 aromatic carbocycles. The molecule has 0 aromatic rings. The van der Waals surface area contributed by atoms with Crippen LogP contribution < -0.4 is 5.11 Å². The average Bonchev–Trinajstić information content (AvgIpc) is 3.44. The molecule has 81 heavy (non-hydrogen) atoms. The highest BCUT2D eigenvalue weighted by Gasteiger charge is 2.22. The van der Waals surface area contributed by atoms with Gasteiger partial charge in [0.1, 0.15) is 13.2 Å². The van der Waals surface area contributed by atoms with Crippen LogP contribution in [0.1, 0.15) is 258 Å². The number of hydrogen-bond acceptors (Lipinski definition) is 8. The number of likely N-dealkylation sites (N-methyl/N-ethyl adjacent to an activating group) is 1. The zero-order chi connectivity index (χ0) is 59.1. The Morgan fingerprint density at radius 2 is 0.667 bits per heavy atom. The molecule has 9 nitrogen and oxygen atoms in total. The lowest BCUT2D eigenvalue weighted by Crippen LogP contribution is -2.44.